The molecule has 0 aliphatic heterocycles. The Bertz CT molecular complexity index is 451. The summed E-state index contributed by atoms with van der Waals surface area (Å²) in [7, 11) is 1.60. The maximum Gasteiger partial charge on any atom is 0.305 e. The van der Waals surface area contributed by atoms with Crippen LogP contribution in [0.3, 0.4) is 0 Å². The van der Waals surface area contributed by atoms with Crippen molar-refractivity contribution in [3.63, 3.8) is 0 Å². The number of aliphatic carboxylic acids is 1. The fraction of sp³-hybridized carbons (Fsp3) is 0.333. The van der Waals surface area contributed by atoms with Gasteiger partial charge in [-0.25, -0.2) is 0 Å². The minimum atomic E-state index is -1.08. The number of halogens is 1. The van der Waals surface area contributed by atoms with E-state index in [-0.39, 0.29) is 12.3 Å². The monoisotopic (exact) mass is 314 g/mol. The van der Waals surface area contributed by atoms with Crippen LogP contribution in [0, 0.1) is 0 Å². The number of nitrogens with zero attached hydrogens (tertiary/aromatic N) is 1. The number of likely N-dealkylation sites (N-methyl/N-ethyl adjacent to an activating group) is 1. The van der Waals surface area contributed by atoms with Gasteiger partial charge in [0.2, 0.25) is 5.91 Å². The largest absolute Gasteiger partial charge is 0.481 e. The van der Waals surface area contributed by atoms with E-state index < -0.39 is 12.0 Å². The first-order chi connectivity index (χ1) is 8.41. The fourth-order valence-corrected chi connectivity index (χ4v) is 1.93. The van der Waals surface area contributed by atoms with Crippen LogP contribution in [0.1, 0.15) is 12.0 Å². The highest BCUT2D eigenvalue weighted by Crippen LogP contribution is 2.17. The first-order valence-corrected chi connectivity index (χ1v) is 6.17. The molecule has 0 saturated heterocycles. The molecule has 5 nitrogen and oxygen atoms in total. The normalized spacial score (nSPS) is 11.9. The van der Waals surface area contributed by atoms with Crippen molar-refractivity contribution in [3.05, 3.63) is 34.3 Å². The van der Waals surface area contributed by atoms with Crippen LogP contribution < -0.4 is 5.73 Å². The lowest BCUT2D eigenvalue weighted by Gasteiger charge is -2.21. The topological polar surface area (TPSA) is 83.6 Å². The molecule has 0 spiro atoms. The van der Waals surface area contributed by atoms with Gasteiger partial charge in [0.05, 0.1) is 12.5 Å². The molecular formula is C12H15BrN2O3. The Labute approximate surface area is 114 Å². The van der Waals surface area contributed by atoms with Gasteiger partial charge < -0.3 is 15.7 Å². The summed E-state index contributed by atoms with van der Waals surface area (Å²) in [6.45, 7) is 0.383. The maximum atomic E-state index is 11.8. The summed E-state index contributed by atoms with van der Waals surface area (Å²) in [5, 5.41) is 8.59. The Morgan fingerprint density at radius 3 is 2.61 bits per heavy atom. The van der Waals surface area contributed by atoms with Gasteiger partial charge in [0.25, 0.3) is 0 Å². The number of hydrogen-bond acceptors (Lipinski definition) is 3. The van der Waals surface area contributed by atoms with Crippen molar-refractivity contribution in [2.24, 2.45) is 5.73 Å². The Kier molecular flexibility index (Phi) is 5.30. The standard InChI is InChI=1S/C12H15BrN2O3/c1-15(12(18)10(14)6-11(16)17)7-8-4-2-3-5-9(8)13/h2-5,10H,6-7,14H2,1H3,(H,16,17). The zero-order valence-corrected chi connectivity index (χ0v) is 11.6. The highest BCUT2D eigenvalue weighted by molar-refractivity contribution is 9.10. The number of hydrogen-bond donors (Lipinski definition) is 2. The van der Waals surface area contributed by atoms with Crippen molar-refractivity contribution in [1.82, 2.24) is 4.90 Å². The van der Waals surface area contributed by atoms with E-state index in [1.807, 2.05) is 24.3 Å². The molecule has 0 bridgehead atoms. The Hall–Kier alpha value is -1.40. The summed E-state index contributed by atoms with van der Waals surface area (Å²) >= 11 is 3.39. The number of carbonyl (C=O) groups excluding carboxylic acids is 1. The van der Waals surface area contributed by atoms with Gasteiger partial charge in [-0.15, -0.1) is 0 Å². The first kappa shape index (κ1) is 14.7. The lowest BCUT2D eigenvalue weighted by molar-refractivity contribution is -0.141. The van der Waals surface area contributed by atoms with E-state index in [4.69, 9.17) is 10.8 Å². The average molecular weight is 315 g/mol. The molecule has 0 aliphatic carbocycles. The van der Waals surface area contributed by atoms with Crippen LogP contribution in [0.4, 0.5) is 0 Å². The molecule has 0 saturated carbocycles. The lowest BCUT2D eigenvalue weighted by Crippen LogP contribution is -2.42. The van der Waals surface area contributed by atoms with E-state index in [0.717, 1.165) is 10.0 Å². The predicted molar refractivity (Wildman–Crippen MR) is 70.8 cm³/mol. The van der Waals surface area contributed by atoms with Crippen LogP contribution in [-0.2, 0) is 16.1 Å². The van der Waals surface area contributed by atoms with E-state index >= 15 is 0 Å². The van der Waals surface area contributed by atoms with Crippen molar-refractivity contribution in [2.45, 2.75) is 19.0 Å². The molecule has 1 amide bonds. The molecule has 0 fully saturated rings. The van der Waals surface area contributed by atoms with Gasteiger partial charge in [0.1, 0.15) is 0 Å². The molecule has 1 aromatic carbocycles. The van der Waals surface area contributed by atoms with Crippen LogP contribution in [-0.4, -0.2) is 35.0 Å². The molecule has 98 valence electrons. The zero-order chi connectivity index (χ0) is 13.7. The molecule has 1 unspecified atom stereocenters. The number of carbonyl (C=O) groups is 2. The number of nitrogens with two attached hydrogens (primary N) is 1. The van der Waals surface area contributed by atoms with Crippen LogP contribution in [0.15, 0.2) is 28.7 Å². The van der Waals surface area contributed by atoms with Crippen LogP contribution >= 0.6 is 15.9 Å². The van der Waals surface area contributed by atoms with Crippen LogP contribution in [0.25, 0.3) is 0 Å². The van der Waals surface area contributed by atoms with Crippen molar-refractivity contribution in [3.8, 4) is 0 Å². The van der Waals surface area contributed by atoms with Crippen molar-refractivity contribution in [1.29, 1.82) is 0 Å². The summed E-state index contributed by atoms with van der Waals surface area (Å²) in [4.78, 5) is 23.7. The summed E-state index contributed by atoms with van der Waals surface area (Å²) in [5.74, 6) is -1.46. The van der Waals surface area contributed by atoms with Gasteiger partial charge in [-0.05, 0) is 11.6 Å². The summed E-state index contributed by atoms with van der Waals surface area (Å²) in [6.07, 6.45) is -0.362. The quantitative estimate of drug-likeness (QED) is 0.855. The predicted octanol–water partition coefficient (Wildman–Crippen LogP) is 1.21. The number of carboxylic acid groups (broad SMARTS) is 1. The fourth-order valence-electron chi connectivity index (χ4n) is 1.52. The number of carboxylic acids is 1. The molecule has 18 heavy (non-hydrogen) atoms. The van der Waals surface area contributed by atoms with E-state index in [9.17, 15) is 9.59 Å². The molecule has 3 N–H and O–H groups in total. The van der Waals surface area contributed by atoms with Gasteiger partial charge in [0.15, 0.2) is 0 Å². The first-order valence-electron chi connectivity index (χ1n) is 5.37. The smallest absolute Gasteiger partial charge is 0.305 e. The summed E-state index contributed by atoms with van der Waals surface area (Å²) in [5.41, 5.74) is 6.47. The summed E-state index contributed by atoms with van der Waals surface area (Å²) < 4.78 is 0.899. The second kappa shape index (κ2) is 6.51. The number of rotatable bonds is 5. The lowest BCUT2D eigenvalue weighted by atomic mass is 10.1. The maximum absolute atomic E-state index is 11.8. The van der Waals surface area contributed by atoms with Crippen molar-refractivity contribution in [2.75, 3.05) is 7.05 Å². The van der Waals surface area contributed by atoms with E-state index in [1.54, 1.807) is 7.05 Å². The molecule has 0 aliphatic rings. The summed E-state index contributed by atoms with van der Waals surface area (Å²) in [6, 6.07) is 6.51. The number of benzene rings is 1. The third-order valence-corrected chi connectivity index (χ3v) is 3.23. The van der Waals surface area contributed by atoms with E-state index in [1.165, 1.54) is 4.90 Å². The highest BCUT2D eigenvalue weighted by Gasteiger charge is 2.21. The third-order valence-electron chi connectivity index (χ3n) is 2.45. The Balaban J connectivity index is 2.65. The Morgan fingerprint density at radius 2 is 2.06 bits per heavy atom. The van der Waals surface area contributed by atoms with Crippen LogP contribution in [0.2, 0.25) is 0 Å². The second-order valence-electron chi connectivity index (χ2n) is 3.99. The van der Waals surface area contributed by atoms with Gasteiger partial charge in [-0.2, -0.15) is 0 Å². The SMILES string of the molecule is CN(Cc1ccccc1Br)C(=O)C(N)CC(=O)O. The van der Waals surface area contributed by atoms with Crippen LogP contribution in [0.5, 0.6) is 0 Å². The molecule has 1 atom stereocenters. The van der Waals surface area contributed by atoms with Gasteiger partial charge in [-0.1, -0.05) is 34.1 Å². The van der Waals surface area contributed by atoms with Crippen molar-refractivity contribution < 1.29 is 14.7 Å². The molecular weight excluding hydrogens is 300 g/mol. The third kappa shape index (κ3) is 4.12. The molecule has 0 aromatic heterocycles. The van der Waals surface area contributed by atoms with Gasteiger partial charge in [-0.3, -0.25) is 9.59 Å². The average Bonchev–Trinajstić information content (AvgIpc) is 2.30. The van der Waals surface area contributed by atoms with Gasteiger partial charge >= 0.3 is 5.97 Å². The zero-order valence-electron chi connectivity index (χ0n) is 9.97. The minimum absolute atomic E-state index is 0.362. The molecule has 1 rings (SSSR count). The molecule has 0 radical (unpaired) electrons. The molecule has 0 heterocycles. The Morgan fingerprint density at radius 1 is 1.44 bits per heavy atom. The second-order valence-corrected chi connectivity index (χ2v) is 4.84. The van der Waals surface area contributed by atoms with E-state index in [2.05, 4.69) is 15.9 Å². The van der Waals surface area contributed by atoms with E-state index in [0.29, 0.717) is 6.54 Å². The highest BCUT2D eigenvalue weighted by atomic mass is 79.9. The van der Waals surface area contributed by atoms with Gasteiger partial charge in [0, 0.05) is 18.1 Å². The van der Waals surface area contributed by atoms with Crippen molar-refractivity contribution >= 4 is 27.8 Å². The molecule has 1 aromatic rings. The number of amides is 1. The molecule has 6 heteroatoms. The minimum Gasteiger partial charge on any atom is -0.481 e.